The Labute approximate surface area is 118 Å². The van der Waals surface area contributed by atoms with E-state index in [1.807, 2.05) is 19.2 Å². The lowest BCUT2D eigenvalue weighted by molar-refractivity contribution is 0.719. The van der Waals surface area contributed by atoms with Crippen LogP contribution in [0.15, 0.2) is 53.5 Å². The molecular formula is C16H15ClN2. The van der Waals surface area contributed by atoms with Crippen molar-refractivity contribution in [3.05, 3.63) is 70.2 Å². The van der Waals surface area contributed by atoms with Crippen molar-refractivity contribution in [1.29, 1.82) is 0 Å². The van der Waals surface area contributed by atoms with E-state index in [2.05, 4.69) is 46.7 Å². The molecule has 96 valence electrons. The predicted molar refractivity (Wildman–Crippen MR) is 79.9 cm³/mol. The second-order valence-electron chi connectivity index (χ2n) is 4.67. The van der Waals surface area contributed by atoms with Crippen LogP contribution in [0.3, 0.4) is 0 Å². The summed E-state index contributed by atoms with van der Waals surface area (Å²) in [5.74, 6) is 1.03. The SMILES string of the molecule is CN=C1Cc2ccccc2C(c2ccc(Cl)cc2)N1. The number of rotatable bonds is 1. The second-order valence-corrected chi connectivity index (χ2v) is 5.11. The maximum absolute atomic E-state index is 5.96. The van der Waals surface area contributed by atoms with Gasteiger partial charge in [-0.1, -0.05) is 48.0 Å². The number of fused-ring (bicyclic) bond motifs is 1. The Balaban J connectivity index is 2.07. The lowest BCUT2D eigenvalue weighted by atomic mass is 9.89. The molecule has 0 radical (unpaired) electrons. The van der Waals surface area contributed by atoms with Gasteiger partial charge in [-0.25, -0.2) is 0 Å². The highest BCUT2D eigenvalue weighted by atomic mass is 35.5. The average molecular weight is 271 g/mol. The average Bonchev–Trinajstić information content (AvgIpc) is 2.47. The van der Waals surface area contributed by atoms with Crippen LogP contribution in [0.2, 0.25) is 5.02 Å². The molecule has 0 aromatic heterocycles. The number of halogens is 1. The van der Waals surface area contributed by atoms with Crippen molar-refractivity contribution in [3.63, 3.8) is 0 Å². The van der Waals surface area contributed by atoms with Crippen molar-refractivity contribution < 1.29 is 0 Å². The monoisotopic (exact) mass is 270 g/mol. The molecule has 1 unspecified atom stereocenters. The van der Waals surface area contributed by atoms with E-state index in [-0.39, 0.29) is 6.04 Å². The van der Waals surface area contributed by atoms with Gasteiger partial charge in [0.25, 0.3) is 0 Å². The molecule has 0 fully saturated rings. The number of hydrogen-bond acceptors (Lipinski definition) is 1. The van der Waals surface area contributed by atoms with Crippen molar-refractivity contribution in [2.45, 2.75) is 12.5 Å². The van der Waals surface area contributed by atoms with Gasteiger partial charge in [0.1, 0.15) is 5.84 Å². The summed E-state index contributed by atoms with van der Waals surface area (Å²) >= 11 is 5.96. The summed E-state index contributed by atoms with van der Waals surface area (Å²) < 4.78 is 0. The van der Waals surface area contributed by atoms with Crippen molar-refractivity contribution in [3.8, 4) is 0 Å². The summed E-state index contributed by atoms with van der Waals surface area (Å²) in [5.41, 5.74) is 3.86. The number of benzene rings is 2. The van der Waals surface area contributed by atoms with E-state index in [9.17, 15) is 0 Å². The van der Waals surface area contributed by atoms with Crippen LogP contribution >= 0.6 is 11.6 Å². The summed E-state index contributed by atoms with van der Waals surface area (Å²) in [6.45, 7) is 0. The largest absolute Gasteiger partial charge is 0.363 e. The first kappa shape index (κ1) is 12.2. The Hall–Kier alpha value is -1.80. The Morgan fingerprint density at radius 1 is 1.11 bits per heavy atom. The van der Waals surface area contributed by atoms with E-state index in [1.165, 1.54) is 16.7 Å². The lowest BCUT2D eigenvalue weighted by Gasteiger charge is -2.29. The van der Waals surface area contributed by atoms with Gasteiger partial charge in [-0.2, -0.15) is 0 Å². The quantitative estimate of drug-likeness (QED) is 0.841. The molecule has 3 heteroatoms. The Kier molecular flexibility index (Phi) is 3.26. The van der Waals surface area contributed by atoms with E-state index in [1.54, 1.807) is 0 Å². The molecule has 1 aliphatic rings. The normalized spacial score (nSPS) is 19.9. The molecule has 1 N–H and O–H groups in total. The minimum absolute atomic E-state index is 0.154. The molecule has 19 heavy (non-hydrogen) atoms. The molecule has 0 spiro atoms. The number of amidine groups is 1. The minimum Gasteiger partial charge on any atom is -0.363 e. The summed E-state index contributed by atoms with van der Waals surface area (Å²) in [4.78, 5) is 4.32. The minimum atomic E-state index is 0.154. The molecule has 0 saturated heterocycles. The van der Waals surface area contributed by atoms with Gasteiger partial charge < -0.3 is 5.32 Å². The van der Waals surface area contributed by atoms with Crippen molar-refractivity contribution in [2.75, 3.05) is 7.05 Å². The molecule has 2 nitrogen and oxygen atoms in total. The zero-order valence-corrected chi connectivity index (χ0v) is 11.5. The van der Waals surface area contributed by atoms with Gasteiger partial charge in [0.15, 0.2) is 0 Å². The fraction of sp³-hybridized carbons (Fsp3) is 0.188. The fourth-order valence-electron chi connectivity index (χ4n) is 2.51. The Morgan fingerprint density at radius 2 is 1.84 bits per heavy atom. The predicted octanol–water partition coefficient (Wildman–Crippen LogP) is 3.60. The van der Waals surface area contributed by atoms with E-state index in [4.69, 9.17) is 11.6 Å². The zero-order chi connectivity index (χ0) is 13.2. The third-order valence-electron chi connectivity index (χ3n) is 3.51. The van der Waals surface area contributed by atoms with Crippen LogP contribution in [0.5, 0.6) is 0 Å². The number of hydrogen-bond donors (Lipinski definition) is 1. The first-order valence-corrected chi connectivity index (χ1v) is 6.71. The molecule has 0 amide bonds. The van der Waals surface area contributed by atoms with Gasteiger partial charge in [0, 0.05) is 18.5 Å². The lowest BCUT2D eigenvalue weighted by Crippen LogP contribution is -2.36. The third kappa shape index (κ3) is 2.36. The van der Waals surface area contributed by atoms with Crippen molar-refractivity contribution >= 4 is 17.4 Å². The first-order chi connectivity index (χ1) is 9.28. The van der Waals surface area contributed by atoms with Gasteiger partial charge in [-0.15, -0.1) is 0 Å². The highest BCUT2D eigenvalue weighted by Gasteiger charge is 2.23. The molecule has 1 heterocycles. The van der Waals surface area contributed by atoms with E-state index < -0.39 is 0 Å². The molecule has 3 rings (SSSR count). The van der Waals surface area contributed by atoms with Crippen LogP contribution in [0.1, 0.15) is 22.7 Å². The summed E-state index contributed by atoms with van der Waals surface area (Å²) in [6, 6.07) is 16.6. The van der Waals surface area contributed by atoms with Crippen LogP contribution < -0.4 is 5.32 Å². The fourth-order valence-corrected chi connectivity index (χ4v) is 2.64. The molecule has 2 aromatic rings. The van der Waals surface area contributed by atoms with E-state index >= 15 is 0 Å². The van der Waals surface area contributed by atoms with Crippen molar-refractivity contribution in [1.82, 2.24) is 5.32 Å². The maximum Gasteiger partial charge on any atom is 0.101 e. The number of aliphatic imine (C=N–C) groups is 1. The van der Waals surface area contributed by atoms with Gasteiger partial charge >= 0.3 is 0 Å². The van der Waals surface area contributed by atoms with Gasteiger partial charge in [-0.05, 0) is 28.8 Å². The zero-order valence-electron chi connectivity index (χ0n) is 10.7. The maximum atomic E-state index is 5.96. The summed E-state index contributed by atoms with van der Waals surface area (Å²) in [6.07, 6.45) is 0.872. The van der Waals surface area contributed by atoms with Crippen LogP contribution in [0, 0.1) is 0 Å². The van der Waals surface area contributed by atoms with Gasteiger partial charge in [0.2, 0.25) is 0 Å². The van der Waals surface area contributed by atoms with Gasteiger partial charge in [0.05, 0.1) is 6.04 Å². The Morgan fingerprint density at radius 3 is 2.58 bits per heavy atom. The van der Waals surface area contributed by atoms with E-state index in [0.717, 1.165) is 17.3 Å². The van der Waals surface area contributed by atoms with Crippen LogP contribution in [-0.2, 0) is 6.42 Å². The molecule has 2 aromatic carbocycles. The first-order valence-electron chi connectivity index (χ1n) is 6.33. The van der Waals surface area contributed by atoms with Gasteiger partial charge in [-0.3, -0.25) is 4.99 Å². The third-order valence-corrected chi connectivity index (χ3v) is 3.76. The molecule has 1 aliphatic heterocycles. The summed E-state index contributed by atoms with van der Waals surface area (Å²) in [5, 5.41) is 4.26. The summed E-state index contributed by atoms with van der Waals surface area (Å²) in [7, 11) is 1.83. The van der Waals surface area contributed by atoms with Crippen molar-refractivity contribution in [2.24, 2.45) is 4.99 Å². The highest BCUT2D eigenvalue weighted by Crippen LogP contribution is 2.29. The van der Waals surface area contributed by atoms with Crippen LogP contribution in [0.25, 0.3) is 0 Å². The topological polar surface area (TPSA) is 24.4 Å². The van der Waals surface area contributed by atoms with E-state index in [0.29, 0.717) is 0 Å². The molecule has 0 saturated carbocycles. The smallest absolute Gasteiger partial charge is 0.101 e. The molecule has 1 atom stereocenters. The molecular weight excluding hydrogens is 256 g/mol. The Bertz CT molecular complexity index is 617. The number of nitrogens with zero attached hydrogens (tertiary/aromatic N) is 1. The van der Waals surface area contributed by atoms with Crippen LogP contribution in [-0.4, -0.2) is 12.9 Å². The number of nitrogens with one attached hydrogen (secondary N) is 1. The molecule has 0 bridgehead atoms. The standard InChI is InChI=1S/C16H15ClN2/c1-18-15-10-12-4-2-3-5-14(12)16(19-15)11-6-8-13(17)9-7-11/h2-9,16H,10H2,1H3,(H,18,19). The highest BCUT2D eigenvalue weighted by molar-refractivity contribution is 6.30. The molecule has 0 aliphatic carbocycles. The second kappa shape index (κ2) is 5.06. The van der Waals surface area contributed by atoms with Crippen LogP contribution in [0.4, 0.5) is 0 Å².